The highest BCUT2D eigenvalue weighted by Crippen LogP contribution is 2.21. The molecule has 0 aromatic carbocycles. The molecule has 2 rings (SSSR count). The van der Waals surface area contributed by atoms with E-state index in [-0.39, 0.29) is 6.04 Å². The molecular weight excluding hydrogens is 262 g/mol. The zero-order valence-corrected chi connectivity index (χ0v) is 12.7. The first kappa shape index (κ1) is 13.7. The van der Waals surface area contributed by atoms with E-state index < -0.39 is 0 Å². The number of nitrogens with zero attached hydrogens (tertiary/aromatic N) is 1. The van der Waals surface area contributed by atoms with Crippen LogP contribution in [0.4, 0.5) is 0 Å². The van der Waals surface area contributed by atoms with Crippen LogP contribution in [-0.4, -0.2) is 16.1 Å². The predicted octanol–water partition coefficient (Wildman–Crippen LogP) is 3.17. The minimum atomic E-state index is 0.191. The Morgan fingerprint density at radius 2 is 2.28 bits per heavy atom. The van der Waals surface area contributed by atoms with Crippen LogP contribution in [0.3, 0.4) is 0 Å². The van der Waals surface area contributed by atoms with Gasteiger partial charge in [0.2, 0.25) is 0 Å². The molecule has 1 heterocycles. The van der Waals surface area contributed by atoms with Crippen LogP contribution in [0.5, 0.6) is 0 Å². The number of nitrogens with one attached hydrogen (secondary N) is 2. The Morgan fingerprint density at radius 3 is 2.89 bits per heavy atom. The van der Waals surface area contributed by atoms with Crippen molar-refractivity contribution in [2.75, 3.05) is 0 Å². The summed E-state index contributed by atoms with van der Waals surface area (Å²) in [6.07, 6.45) is 8.14. The molecule has 0 amide bonds. The molecule has 1 fully saturated rings. The minimum Gasteiger partial charge on any atom is -0.360 e. The van der Waals surface area contributed by atoms with Gasteiger partial charge in [-0.1, -0.05) is 19.8 Å². The molecule has 0 spiro atoms. The van der Waals surface area contributed by atoms with Crippen LogP contribution in [0, 0.1) is 0 Å². The lowest BCUT2D eigenvalue weighted by Crippen LogP contribution is -2.41. The second-order valence-corrected chi connectivity index (χ2v) is 6.39. The van der Waals surface area contributed by atoms with Crippen LogP contribution in [0.2, 0.25) is 0 Å². The number of thiocarbonyl (C=S) groups is 1. The Kier molecular flexibility index (Phi) is 4.95. The maximum Gasteiger partial charge on any atom is 0.167 e. The molecule has 100 valence electrons. The summed E-state index contributed by atoms with van der Waals surface area (Å²) in [7, 11) is 0. The van der Waals surface area contributed by atoms with Gasteiger partial charge in [-0.3, -0.25) is 0 Å². The zero-order chi connectivity index (χ0) is 13.0. The van der Waals surface area contributed by atoms with Crippen LogP contribution >= 0.6 is 23.6 Å². The van der Waals surface area contributed by atoms with E-state index in [0.717, 1.165) is 16.5 Å². The Balaban J connectivity index is 1.82. The van der Waals surface area contributed by atoms with E-state index in [1.165, 1.54) is 30.6 Å². The van der Waals surface area contributed by atoms with E-state index in [1.54, 1.807) is 11.3 Å². The molecule has 1 aliphatic carbocycles. The van der Waals surface area contributed by atoms with Gasteiger partial charge < -0.3 is 10.6 Å². The van der Waals surface area contributed by atoms with Gasteiger partial charge >= 0.3 is 0 Å². The molecule has 3 nitrogen and oxygen atoms in total. The highest BCUT2D eigenvalue weighted by atomic mass is 32.1. The van der Waals surface area contributed by atoms with Crippen LogP contribution in [0.1, 0.15) is 55.5 Å². The van der Waals surface area contributed by atoms with Crippen molar-refractivity contribution in [3.05, 3.63) is 16.1 Å². The fraction of sp³-hybridized carbons (Fsp3) is 0.692. The van der Waals surface area contributed by atoms with Crippen molar-refractivity contribution in [1.29, 1.82) is 0 Å². The van der Waals surface area contributed by atoms with Gasteiger partial charge in [0.05, 0.1) is 6.04 Å². The van der Waals surface area contributed by atoms with Crippen molar-refractivity contribution in [1.82, 2.24) is 15.6 Å². The Labute approximate surface area is 118 Å². The molecule has 18 heavy (non-hydrogen) atoms. The van der Waals surface area contributed by atoms with Gasteiger partial charge in [-0.05, 0) is 38.4 Å². The normalized spacial score (nSPS) is 17.7. The number of aryl methyl sites for hydroxylation is 1. The summed E-state index contributed by atoms with van der Waals surface area (Å²) in [6, 6.07) is 0.761. The molecule has 1 aromatic rings. The van der Waals surface area contributed by atoms with Crippen molar-refractivity contribution < 1.29 is 0 Å². The van der Waals surface area contributed by atoms with Crippen molar-refractivity contribution in [3.63, 3.8) is 0 Å². The van der Waals surface area contributed by atoms with E-state index in [0.29, 0.717) is 6.04 Å². The molecule has 0 radical (unpaired) electrons. The maximum atomic E-state index is 5.36. The molecule has 0 aliphatic heterocycles. The molecule has 1 atom stereocenters. The molecule has 0 bridgehead atoms. The quantitative estimate of drug-likeness (QED) is 0.832. The first-order chi connectivity index (χ1) is 8.69. The standard InChI is InChI=1S/C13H21N3S2/c1-3-11-8-14-12(18-11)9(2)15-13(17)16-10-6-4-5-7-10/h8-10H,3-7H2,1-2H3,(H2,15,16,17). The lowest BCUT2D eigenvalue weighted by molar-refractivity contribution is 0.605. The lowest BCUT2D eigenvalue weighted by Gasteiger charge is -2.18. The van der Waals surface area contributed by atoms with Gasteiger partial charge in [-0.15, -0.1) is 11.3 Å². The Bertz CT molecular complexity index is 397. The molecule has 2 N–H and O–H groups in total. The first-order valence-electron chi connectivity index (χ1n) is 6.70. The SMILES string of the molecule is CCc1cnc(C(C)NC(=S)NC2CCCC2)s1. The van der Waals surface area contributed by atoms with E-state index >= 15 is 0 Å². The Hall–Kier alpha value is -0.680. The monoisotopic (exact) mass is 283 g/mol. The second kappa shape index (κ2) is 6.48. The number of rotatable bonds is 4. The smallest absolute Gasteiger partial charge is 0.167 e. The number of aromatic nitrogens is 1. The fourth-order valence-corrected chi connectivity index (χ4v) is 3.44. The molecular formula is C13H21N3S2. The lowest BCUT2D eigenvalue weighted by atomic mass is 10.2. The number of thiazole rings is 1. The number of hydrogen-bond acceptors (Lipinski definition) is 3. The Morgan fingerprint density at radius 1 is 1.56 bits per heavy atom. The van der Waals surface area contributed by atoms with Gasteiger partial charge in [0.25, 0.3) is 0 Å². The summed E-state index contributed by atoms with van der Waals surface area (Å²) in [5, 5.41) is 8.61. The van der Waals surface area contributed by atoms with Crippen molar-refractivity contribution in [3.8, 4) is 0 Å². The van der Waals surface area contributed by atoms with E-state index in [4.69, 9.17) is 12.2 Å². The van der Waals surface area contributed by atoms with Crippen LogP contribution in [0.15, 0.2) is 6.20 Å². The highest BCUT2D eigenvalue weighted by Gasteiger charge is 2.17. The van der Waals surface area contributed by atoms with Gasteiger partial charge in [0.15, 0.2) is 5.11 Å². The summed E-state index contributed by atoms with van der Waals surface area (Å²) < 4.78 is 0. The predicted molar refractivity (Wildman–Crippen MR) is 81.0 cm³/mol. The zero-order valence-electron chi connectivity index (χ0n) is 11.0. The minimum absolute atomic E-state index is 0.191. The van der Waals surface area contributed by atoms with Crippen molar-refractivity contribution in [2.45, 2.75) is 58.0 Å². The topological polar surface area (TPSA) is 37.0 Å². The highest BCUT2D eigenvalue weighted by molar-refractivity contribution is 7.80. The van der Waals surface area contributed by atoms with E-state index in [2.05, 4.69) is 29.5 Å². The molecule has 1 unspecified atom stereocenters. The summed E-state index contributed by atoms with van der Waals surface area (Å²) in [5.41, 5.74) is 0. The number of hydrogen-bond donors (Lipinski definition) is 2. The van der Waals surface area contributed by atoms with Gasteiger partial charge in [0.1, 0.15) is 5.01 Å². The first-order valence-corrected chi connectivity index (χ1v) is 7.93. The maximum absolute atomic E-state index is 5.36. The summed E-state index contributed by atoms with van der Waals surface area (Å²) in [4.78, 5) is 5.77. The average molecular weight is 283 g/mol. The van der Waals surface area contributed by atoms with Gasteiger partial charge in [-0.2, -0.15) is 0 Å². The van der Waals surface area contributed by atoms with Crippen LogP contribution < -0.4 is 10.6 Å². The summed E-state index contributed by atoms with van der Waals surface area (Å²) in [5.74, 6) is 0. The molecule has 5 heteroatoms. The van der Waals surface area contributed by atoms with E-state index in [1.807, 2.05) is 6.20 Å². The fourth-order valence-electron chi connectivity index (χ4n) is 2.24. The summed E-state index contributed by atoms with van der Waals surface area (Å²) >= 11 is 7.12. The van der Waals surface area contributed by atoms with Crippen molar-refractivity contribution >= 4 is 28.7 Å². The van der Waals surface area contributed by atoms with Crippen molar-refractivity contribution in [2.24, 2.45) is 0 Å². The summed E-state index contributed by atoms with van der Waals surface area (Å²) in [6.45, 7) is 4.27. The molecule has 1 saturated carbocycles. The molecule has 1 aromatic heterocycles. The van der Waals surface area contributed by atoms with E-state index in [9.17, 15) is 0 Å². The largest absolute Gasteiger partial charge is 0.360 e. The molecule has 1 aliphatic rings. The average Bonchev–Trinajstić information content (AvgIpc) is 2.98. The van der Waals surface area contributed by atoms with Gasteiger partial charge in [-0.25, -0.2) is 4.98 Å². The van der Waals surface area contributed by atoms with Crippen LogP contribution in [0.25, 0.3) is 0 Å². The third-order valence-corrected chi connectivity index (χ3v) is 4.89. The van der Waals surface area contributed by atoms with Crippen LogP contribution in [-0.2, 0) is 6.42 Å². The third-order valence-electron chi connectivity index (χ3n) is 3.33. The van der Waals surface area contributed by atoms with Gasteiger partial charge in [0, 0.05) is 17.1 Å². The second-order valence-electron chi connectivity index (χ2n) is 4.84. The third kappa shape index (κ3) is 3.65. The molecule has 0 saturated heterocycles.